The number of amides is 1. The highest BCUT2D eigenvalue weighted by atomic mass is 16.2. The van der Waals surface area contributed by atoms with E-state index in [0.29, 0.717) is 37.6 Å². The molecule has 6 heteroatoms. The summed E-state index contributed by atoms with van der Waals surface area (Å²) in [4.78, 5) is 36.9. The fraction of sp³-hybridized carbons (Fsp3) is 0.481. The molecular formula is C27H32N4O2. The van der Waals surface area contributed by atoms with Crippen molar-refractivity contribution in [1.29, 1.82) is 0 Å². The van der Waals surface area contributed by atoms with Crippen molar-refractivity contribution in [1.82, 2.24) is 15.2 Å². The lowest BCUT2D eigenvalue weighted by molar-refractivity contribution is -0.118. The molecular weight excluding hydrogens is 412 g/mol. The first kappa shape index (κ1) is 22.0. The van der Waals surface area contributed by atoms with Gasteiger partial charge in [0.15, 0.2) is 0 Å². The summed E-state index contributed by atoms with van der Waals surface area (Å²) >= 11 is 0. The maximum Gasteiger partial charge on any atom is 0.270 e. The lowest BCUT2D eigenvalue weighted by Crippen LogP contribution is -2.36. The van der Waals surface area contributed by atoms with E-state index in [1.807, 2.05) is 24.3 Å². The topological polar surface area (TPSA) is 74.7 Å². The van der Waals surface area contributed by atoms with Gasteiger partial charge in [-0.1, -0.05) is 37.3 Å². The predicted octanol–water partition coefficient (Wildman–Crippen LogP) is 3.29. The number of aliphatic imine (C=N–C) groups is 1. The summed E-state index contributed by atoms with van der Waals surface area (Å²) in [7, 11) is 0. The highest BCUT2D eigenvalue weighted by Gasteiger charge is 2.34. The molecule has 2 aliphatic heterocycles. The zero-order valence-corrected chi connectivity index (χ0v) is 19.3. The van der Waals surface area contributed by atoms with Gasteiger partial charge in [-0.15, -0.1) is 0 Å². The van der Waals surface area contributed by atoms with Crippen LogP contribution in [0.2, 0.25) is 0 Å². The number of carbonyl (C=O) groups is 2. The molecule has 3 heterocycles. The molecule has 1 N–H and O–H groups in total. The van der Waals surface area contributed by atoms with Crippen LogP contribution in [0, 0.1) is 5.92 Å². The molecule has 1 amide bonds. The molecule has 6 nitrogen and oxygen atoms in total. The smallest absolute Gasteiger partial charge is 0.270 e. The fourth-order valence-corrected chi connectivity index (χ4v) is 5.07. The Hall–Kier alpha value is -2.86. The number of rotatable bonds is 9. The number of carbonyl (C=O) groups excluding carboxylic acids is 2. The van der Waals surface area contributed by atoms with Gasteiger partial charge in [-0.25, -0.2) is 0 Å². The number of benzene rings is 1. The highest BCUT2D eigenvalue weighted by molar-refractivity contribution is 6.46. The van der Waals surface area contributed by atoms with Crippen LogP contribution < -0.4 is 5.32 Å². The molecule has 2 atom stereocenters. The SMILES string of the molecule is C[C@@H](CC(=O)Cc1cc2c(cn1)C(C(=O)NCC1CCN(C3CC3)C1)=NC2)c1ccccc1. The molecule has 1 aromatic heterocycles. The minimum atomic E-state index is -0.110. The maximum atomic E-state index is 12.8. The Bertz CT molecular complexity index is 1060. The van der Waals surface area contributed by atoms with Crippen LogP contribution in [0.3, 0.4) is 0 Å². The zero-order chi connectivity index (χ0) is 22.8. The molecule has 5 rings (SSSR count). The van der Waals surface area contributed by atoms with Gasteiger partial charge in [0, 0.05) is 49.4 Å². The van der Waals surface area contributed by atoms with Crippen molar-refractivity contribution in [3.8, 4) is 0 Å². The monoisotopic (exact) mass is 444 g/mol. The Morgan fingerprint density at radius 3 is 2.79 bits per heavy atom. The Kier molecular flexibility index (Phi) is 6.36. The van der Waals surface area contributed by atoms with Gasteiger partial charge in [0.1, 0.15) is 11.5 Å². The van der Waals surface area contributed by atoms with Crippen LogP contribution in [0.4, 0.5) is 0 Å². The van der Waals surface area contributed by atoms with E-state index in [9.17, 15) is 9.59 Å². The van der Waals surface area contributed by atoms with E-state index in [4.69, 9.17) is 0 Å². The Labute approximate surface area is 195 Å². The molecule has 2 aromatic rings. The quantitative estimate of drug-likeness (QED) is 0.644. The van der Waals surface area contributed by atoms with Crippen molar-refractivity contribution >= 4 is 17.4 Å². The van der Waals surface area contributed by atoms with Gasteiger partial charge in [0.2, 0.25) is 0 Å². The number of aromatic nitrogens is 1. The molecule has 0 radical (unpaired) electrons. The molecule has 1 aliphatic carbocycles. The largest absolute Gasteiger partial charge is 0.350 e. The van der Waals surface area contributed by atoms with Crippen LogP contribution in [-0.4, -0.2) is 53.0 Å². The third-order valence-corrected chi connectivity index (χ3v) is 7.14. The standard InChI is InChI=1S/C27H32N4O2/c1-18(20-5-3-2-4-6-20)11-24(32)13-22-12-21-15-29-26(25(21)16-28-22)27(33)30-14-19-9-10-31(17-19)23-7-8-23/h2-6,12,16,18-19,23H,7-11,13-15,17H2,1H3,(H,30,33)/t18-,19?/m0/s1. The minimum absolute atomic E-state index is 0.110. The van der Waals surface area contributed by atoms with E-state index in [-0.39, 0.29) is 17.6 Å². The van der Waals surface area contributed by atoms with E-state index in [2.05, 4.69) is 39.2 Å². The second kappa shape index (κ2) is 9.56. The second-order valence-electron chi connectivity index (χ2n) is 9.82. The van der Waals surface area contributed by atoms with Crippen molar-refractivity contribution in [2.24, 2.45) is 10.9 Å². The Balaban J connectivity index is 1.13. The van der Waals surface area contributed by atoms with Crippen molar-refractivity contribution in [2.75, 3.05) is 19.6 Å². The van der Waals surface area contributed by atoms with Gasteiger partial charge in [0.05, 0.1) is 6.54 Å². The van der Waals surface area contributed by atoms with E-state index >= 15 is 0 Å². The van der Waals surface area contributed by atoms with Crippen LogP contribution >= 0.6 is 0 Å². The number of fused-ring (bicyclic) bond motifs is 1. The number of nitrogens with one attached hydrogen (secondary N) is 1. The number of pyridine rings is 1. The predicted molar refractivity (Wildman–Crippen MR) is 128 cm³/mol. The summed E-state index contributed by atoms with van der Waals surface area (Å²) in [5, 5.41) is 3.09. The summed E-state index contributed by atoms with van der Waals surface area (Å²) in [6.07, 6.45) is 6.34. The normalized spacial score (nSPS) is 20.9. The highest BCUT2D eigenvalue weighted by Crippen LogP contribution is 2.31. The molecule has 1 unspecified atom stereocenters. The minimum Gasteiger partial charge on any atom is -0.350 e. The summed E-state index contributed by atoms with van der Waals surface area (Å²) in [6.45, 7) is 5.51. The Morgan fingerprint density at radius 2 is 2.00 bits per heavy atom. The summed E-state index contributed by atoms with van der Waals surface area (Å²) in [5.41, 5.74) is 4.18. The first-order valence-corrected chi connectivity index (χ1v) is 12.2. The number of hydrogen-bond donors (Lipinski definition) is 1. The van der Waals surface area contributed by atoms with E-state index in [1.54, 1.807) is 6.20 Å². The molecule has 1 aromatic carbocycles. The van der Waals surface area contributed by atoms with Crippen LogP contribution in [0.5, 0.6) is 0 Å². The van der Waals surface area contributed by atoms with Gasteiger partial charge in [-0.2, -0.15) is 0 Å². The van der Waals surface area contributed by atoms with Crippen molar-refractivity contribution < 1.29 is 9.59 Å². The number of hydrogen-bond acceptors (Lipinski definition) is 5. The van der Waals surface area contributed by atoms with Gasteiger partial charge in [-0.05, 0) is 54.8 Å². The maximum absolute atomic E-state index is 12.8. The van der Waals surface area contributed by atoms with Crippen LogP contribution in [0.15, 0.2) is 47.6 Å². The fourth-order valence-electron chi connectivity index (χ4n) is 5.07. The molecule has 33 heavy (non-hydrogen) atoms. The van der Waals surface area contributed by atoms with Crippen LogP contribution in [0.1, 0.15) is 60.9 Å². The lowest BCUT2D eigenvalue weighted by atomic mass is 9.94. The number of Topliss-reactive ketones (excluding diaryl/α,β-unsaturated/α-hetero) is 1. The van der Waals surface area contributed by atoms with Crippen molar-refractivity contribution in [3.05, 3.63) is 65.0 Å². The zero-order valence-electron chi connectivity index (χ0n) is 19.3. The van der Waals surface area contributed by atoms with Gasteiger partial charge in [0.25, 0.3) is 5.91 Å². The molecule has 1 saturated heterocycles. The number of likely N-dealkylation sites (tertiary alicyclic amines) is 1. The molecule has 172 valence electrons. The third kappa shape index (κ3) is 5.22. The summed E-state index contributed by atoms with van der Waals surface area (Å²) in [6, 6.07) is 12.8. The molecule has 2 fully saturated rings. The van der Waals surface area contributed by atoms with Crippen LogP contribution in [-0.2, 0) is 22.6 Å². The van der Waals surface area contributed by atoms with Crippen LogP contribution in [0.25, 0.3) is 0 Å². The first-order valence-electron chi connectivity index (χ1n) is 12.2. The Morgan fingerprint density at radius 1 is 1.18 bits per heavy atom. The first-order chi connectivity index (χ1) is 16.1. The number of nitrogens with zero attached hydrogens (tertiary/aromatic N) is 3. The van der Waals surface area contributed by atoms with E-state index < -0.39 is 0 Å². The molecule has 1 saturated carbocycles. The summed E-state index contributed by atoms with van der Waals surface area (Å²) < 4.78 is 0. The van der Waals surface area contributed by atoms with E-state index in [0.717, 1.165) is 42.4 Å². The van der Waals surface area contributed by atoms with Crippen molar-refractivity contribution in [2.45, 2.75) is 57.5 Å². The van der Waals surface area contributed by atoms with Crippen molar-refractivity contribution in [3.63, 3.8) is 0 Å². The molecule has 0 bridgehead atoms. The van der Waals surface area contributed by atoms with Gasteiger partial charge >= 0.3 is 0 Å². The average molecular weight is 445 g/mol. The average Bonchev–Trinajstić information content (AvgIpc) is 3.41. The number of ketones is 1. The van der Waals surface area contributed by atoms with Gasteiger partial charge in [-0.3, -0.25) is 19.6 Å². The van der Waals surface area contributed by atoms with Gasteiger partial charge < -0.3 is 10.2 Å². The lowest BCUT2D eigenvalue weighted by Gasteiger charge is -2.15. The molecule has 3 aliphatic rings. The summed E-state index contributed by atoms with van der Waals surface area (Å²) in [5.74, 6) is 0.775. The second-order valence-corrected chi connectivity index (χ2v) is 9.82. The van der Waals surface area contributed by atoms with E-state index in [1.165, 1.54) is 18.4 Å². The third-order valence-electron chi connectivity index (χ3n) is 7.14. The molecule has 0 spiro atoms.